The molecule has 1 aliphatic carbocycles. The van der Waals surface area contributed by atoms with Crippen molar-refractivity contribution in [3.63, 3.8) is 0 Å². The number of likely N-dealkylation sites (tertiary alicyclic amines) is 1. The molecule has 6 rings (SSSR count). The molecule has 11 nitrogen and oxygen atoms in total. The average Bonchev–Trinajstić information content (AvgIpc) is 3.86. The van der Waals surface area contributed by atoms with Crippen molar-refractivity contribution in [3.8, 4) is 17.3 Å². The fourth-order valence-electron chi connectivity index (χ4n) is 6.71. The van der Waals surface area contributed by atoms with Crippen molar-refractivity contribution >= 4 is 40.0 Å². The summed E-state index contributed by atoms with van der Waals surface area (Å²) in [6, 6.07) is 9.14. The van der Waals surface area contributed by atoms with E-state index >= 15 is 0 Å². The highest BCUT2D eigenvalue weighted by molar-refractivity contribution is 6.04. The largest absolute Gasteiger partial charge is 0.480 e. The number of nitrogens with zero attached hydrogens (tertiary/aromatic N) is 3. The van der Waals surface area contributed by atoms with Crippen molar-refractivity contribution in [3.05, 3.63) is 66.7 Å². The summed E-state index contributed by atoms with van der Waals surface area (Å²) in [6.07, 6.45) is 2.15. The minimum absolute atomic E-state index is 0.0495. The molecule has 0 spiro atoms. The summed E-state index contributed by atoms with van der Waals surface area (Å²) in [5.41, 5.74) is 0.446. The molecule has 2 fully saturated rings. The number of nitrogens with one attached hydrogen (secondary N) is 1. The van der Waals surface area contributed by atoms with E-state index in [9.17, 15) is 32.7 Å². The first-order chi connectivity index (χ1) is 24.5. The van der Waals surface area contributed by atoms with Crippen molar-refractivity contribution in [2.45, 2.75) is 94.7 Å². The number of fused-ring (bicyclic) bond motifs is 3. The van der Waals surface area contributed by atoms with Crippen LogP contribution in [0.25, 0.3) is 33.5 Å². The van der Waals surface area contributed by atoms with Gasteiger partial charge >= 0.3 is 18.2 Å². The van der Waals surface area contributed by atoms with Crippen molar-refractivity contribution in [2.75, 3.05) is 6.54 Å². The predicted molar refractivity (Wildman–Crippen MR) is 181 cm³/mol. The van der Waals surface area contributed by atoms with Crippen molar-refractivity contribution < 1.29 is 46.6 Å². The molecule has 1 saturated carbocycles. The van der Waals surface area contributed by atoms with Crippen LogP contribution in [0.5, 0.6) is 5.88 Å². The van der Waals surface area contributed by atoms with Crippen LogP contribution in [0.1, 0.15) is 69.8 Å². The Morgan fingerprint density at radius 2 is 1.78 bits per heavy atom. The molecule has 2 aromatic heterocycles. The molecule has 2 aliphatic rings. The maximum atomic E-state index is 14.0. The Hall–Kier alpha value is -5.14. The number of rotatable bonds is 13. The number of hydrogen-bond donors (Lipinski definition) is 2. The Labute approximate surface area is 291 Å². The molecule has 51 heavy (non-hydrogen) atoms. The van der Waals surface area contributed by atoms with Gasteiger partial charge in [0.1, 0.15) is 35.4 Å². The summed E-state index contributed by atoms with van der Waals surface area (Å²) in [5.74, 6) is -1.79. The van der Waals surface area contributed by atoms with Gasteiger partial charge in [0.2, 0.25) is 11.5 Å². The molecule has 0 radical (unpaired) electrons. The number of carboxylic acid groups (broad SMARTS) is 1. The first-order valence-electron chi connectivity index (χ1n) is 17.2. The molecule has 1 saturated heterocycles. The summed E-state index contributed by atoms with van der Waals surface area (Å²) in [6.45, 7) is 3.59. The molecule has 270 valence electrons. The molecule has 3 heterocycles. The number of aromatic nitrogens is 2. The molecule has 0 bridgehead atoms. The van der Waals surface area contributed by atoms with E-state index < -0.39 is 47.9 Å². The van der Waals surface area contributed by atoms with Gasteiger partial charge in [-0.25, -0.2) is 14.6 Å². The number of halogens is 3. The lowest BCUT2D eigenvalue weighted by atomic mass is 10.1. The minimum Gasteiger partial charge on any atom is -0.480 e. The number of carbonyl (C=O) groups is 3. The van der Waals surface area contributed by atoms with Crippen LogP contribution in [-0.2, 0) is 20.5 Å². The zero-order chi connectivity index (χ0) is 36.1. The lowest BCUT2D eigenvalue weighted by Gasteiger charge is -2.27. The number of alkyl carbamates (subject to hydrolysis) is 1. The number of furan rings is 1. The van der Waals surface area contributed by atoms with Gasteiger partial charge in [0.25, 0.3) is 5.88 Å². The highest BCUT2D eigenvalue weighted by Gasteiger charge is 2.44. The Balaban J connectivity index is 1.26. The van der Waals surface area contributed by atoms with E-state index in [4.69, 9.17) is 13.9 Å². The summed E-state index contributed by atoms with van der Waals surface area (Å²) in [7, 11) is 0. The van der Waals surface area contributed by atoms with Crippen LogP contribution in [0.15, 0.2) is 65.6 Å². The molecule has 2 N–H and O–H groups in total. The van der Waals surface area contributed by atoms with Gasteiger partial charge in [0, 0.05) is 17.4 Å². The number of hydrogen-bond acceptors (Lipinski definition) is 8. The van der Waals surface area contributed by atoms with Crippen LogP contribution in [0.3, 0.4) is 0 Å². The molecule has 4 aromatic rings. The Morgan fingerprint density at radius 3 is 2.49 bits per heavy atom. The third-order valence-corrected chi connectivity index (χ3v) is 9.34. The monoisotopic (exact) mass is 708 g/mol. The van der Waals surface area contributed by atoms with Gasteiger partial charge in [-0.3, -0.25) is 4.79 Å². The maximum absolute atomic E-state index is 14.0. The molecule has 3 atom stereocenters. The van der Waals surface area contributed by atoms with E-state index in [2.05, 4.69) is 21.9 Å². The SMILES string of the molecule is C=CCCCCCC(NC(=O)OC1CCCC1)C(=O)N1CC(Oc2nc(-c3ccc(C(F)(F)F)cc3)nc3c2oc2ccccc23)CC1C(=O)O. The zero-order valence-electron chi connectivity index (χ0n) is 27.9. The Morgan fingerprint density at radius 1 is 1.04 bits per heavy atom. The number of ether oxygens (including phenoxy) is 2. The molecular formula is C37H39F3N4O7. The number of alkyl halides is 3. The summed E-state index contributed by atoms with van der Waals surface area (Å²) >= 11 is 0. The van der Waals surface area contributed by atoms with E-state index in [1.807, 2.05) is 6.08 Å². The van der Waals surface area contributed by atoms with Gasteiger partial charge in [-0.15, -0.1) is 6.58 Å². The summed E-state index contributed by atoms with van der Waals surface area (Å²) < 4.78 is 57.7. The number of unbranched alkanes of at least 4 members (excludes halogenated alkanes) is 3. The third-order valence-electron chi connectivity index (χ3n) is 9.34. The van der Waals surface area contributed by atoms with Gasteiger partial charge in [-0.2, -0.15) is 18.2 Å². The molecule has 3 unspecified atom stereocenters. The second kappa shape index (κ2) is 15.4. The molecule has 2 amide bonds. The smallest absolute Gasteiger partial charge is 0.416 e. The second-order valence-corrected chi connectivity index (χ2v) is 13.0. The van der Waals surface area contributed by atoms with E-state index in [0.717, 1.165) is 57.1 Å². The van der Waals surface area contributed by atoms with Crippen LogP contribution in [-0.4, -0.2) is 68.8 Å². The topological polar surface area (TPSA) is 144 Å². The number of benzene rings is 2. The van der Waals surface area contributed by atoms with Gasteiger partial charge in [-0.05, 0) is 69.2 Å². The highest BCUT2D eigenvalue weighted by Crippen LogP contribution is 2.37. The van der Waals surface area contributed by atoms with E-state index in [-0.39, 0.29) is 48.3 Å². The lowest BCUT2D eigenvalue weighted by molar-refractivity contribution is -0.149. The average molecular weight is 709 g/mol. The van der Waals surface area contributed by atoms with Crippen LogP contribution >= 0.6 is 0 Å². The zero-order valence-corrected chi connectivity index (χ0v) is 27.9. The molecule has 1 aliphatic heterocycles. The fourth-order valence-corrected chi connectivity index (χ4v) is 6.71. The van der Waals surface area contributed by atoms with Gasteiger partial charge < -0.3 is 29.2 Å². The fraction of sp³-hybridized carbons (Fsp3) is 0.432. The molecule has 2 aromatic carbocycles. The van der Waals surface area contributed by atoms with E-state index in [1.54, 1.807) is 24.3 Å². The standard InChI is InChI=1S/C37H39F3N4O7/c1-2-3-4-5-6-14-27(41-36(48)50-24-11-7-8-12-24)34(45)44-21-25(20-28(44)35(46)47)49-33-31-30(26-13-9-10-15-29(26)51-31)42-32(43-33)22-16-18-23(19-17-22)37(38,39)40/h2,9-10,13,15-19,24-25,27-28H,1,3-8,11-12,14,20-21H2,(H,41,48)(H,46,47). The number of carbonyl (C=O) groups excluding carboxylic acids is 2. The van der Waals surface area contributed by atoms with Crippen LogP contribution in [0, 0.1) is 0 Å². The van der Waals surface area contributed by atoms with Crippen molar-refractivity contribution in [1.29, 1.82) is 0 Å². The predicted octanol–water partition coefficient (Wildman–Crippen LogP) is 7.67. The summed E-state index contributed by atoms with van der Waals surface area (Å²) in [5, 5.41) is 13.5. The Kier molecular flexibility index (Phi) is 10.8. The van der Waals surface area contributed by atoms with Crippen LogP contribution in [0.4, 0.5) is 18.0 Å². The lowest BCUT2D eigenvalue weighted by Crippen LogP contribution is -2.52. The van der Waals surface area contributed by atoms with Gasteiger partial charge in [-0.1, -0.05) is 43.2 Å². The minimum atomic E-state index is -4.53. The quantitative estimate of drug-likeness (QED) is 0.106. The van der Waals surface area contributed by atoms with Crippen molar-refractivity contribution in [1.82, 2.24) is 20.2 Å². The normalized spacial score (nSPS) is 18.6. The Bertz CT molecular complexity index is 1890. The first kappa shape index (κ1) is 35.7. The van der Waals surface area contributed by atoms with Crippen molar-refractivity contribution in [2.24, 2.45) is 0 Å². The molecule has 14 heteroatoms. The van der Waals surface area contributed by atoms with Gasteiger partial charge in [0.15, 0.2) is 5.82 Å². The third kappa shape index (κ3) is 8.26. The number of para-hydroxylation sites is 1. The first-order valence-corrected chi connectivity index (χ1v) is 17.2. The second-order valence-electron chi connectivity index (χ2n) is 13.0. The van der Waals surface area contributed by atoms with Crippen LogP contribution in [0.2, 0.25) is 0 Å². The van der Waals surface area contributed by atoms with Gasteiger partial charge in [0.05, 0.1) is 12.1 Å². The number of aliphatic carboxylic acids is 1. The summed E-state index contributed by atoms with van der Waals surface area (Å²) in [4.78, 5) is 49.7. The maximum Gasteiger partial charge on any atom is 0.416 e. The number of amides is 2. The number of allylic oxidation sites excluding steroid dienone is 1. The van der Waals surface area contributed by atoms with E-state index in [0.29, 0.717) is 22.9 Å². The molecular weight excluding hydrogens is 669 g/mol. The van der Waals surface area contributed by atoms with Crippen LogP contribution < -0.4 is 10.1 Å². The highest BCUT2D eigenvalue weighted by atomic mass is 19.4. The van der Waals surface area contributed by atoms with E-state index in [1.165, 1.54) is 17.0 Å². The number of carboxylic acids is 1.